The van der Waals surface area contributed by atoms with Crippen LogP contribution in [-0.2, 0) is 23.8 Å². The first kappa shape index (κ1) is 17.8. The van der Waals surface area contributed by atoms with Crippen LogP contribution in [0.25, 0.3) is 11.0 Å². The zero-order valence-electron chi connectivity index (χ0n) is 16.5. The molecule has 7 heteroatoms. The third-order valence-corrected chi connectivity index (χ3v) is 7.11. The van der Waals surface area contributed by atoms with Crippen LogP contribution in [0.3, 0.4) is 0 Å². The van der Waals surface area contributed by atoms with Crippen molar-refractivity contribution in [1.82, 2.24) is 19.7 Å². The van der Waals surface area contributed by atoms with E-state index in [4.69, 9.17) is 4.74 Å². The standard InChI is InChI=1S/C21H24N4O2S/c1-13-12-15(18-14(2)23-24(3)19(18)22-13)20(26)25-8-6-21(7-9-25)16-5-11-28-17(16)4-10-27-21/h5,11-12H,4,6-10H2,1-3H3. The molecule has 5 rings (SSSR count). The van der Waals surface area contributed by atoms with E-state index in [1.165, 1.54) is 10.4 Å². The van der Waals surface area contributed by atoms with Gasteiger partial charge in [-0.1, -0.05) is 0 Å². The maximum Gasteiger partial charge on any atom is 0.254 e. The van der Waals surface area contributed by atoms with Gasteiger partial charge in [0.2, 0.25) is 0 Å². The largest absolute Gasteiger partial charge is 0.370 e. The SMILES string of the molecule is Cc1cc(C(=O)N2CCC3(CC2)OCCc2sccc23)c2c(C)nn(C)c2n1. The molecule has 0 aromatic carbocycles. The van der Waals surface area contributed by atoms with Crippen molar-refractivity contribution in [3.63, 3.8) is 0 Å². The normalized spacial score (nSPS) is 18.6. The number of hydrogen-bond acceptors (Lipinski definition) is 5. The summed E-state index contributed by atoms with van der Waals surface area (Å²) in [5, 5.41) is 7.51. The lowest BCUT2D eigenvalue weighted by Gasteiger charge is -2.44. The van der Waals surface area contributed by atoms with E-state index in [9.17, 15) is 4.79 Å². The lowest BCUT2D eigenvalue weighted by molar-refractivity contribution is -0.0926. The number of amides is 1. The summed E-state index contributed by atoms with van der Waals surface area (Å²) >= 11 is 1.83. The first-order valence-corrected chi connectivity index (χ1v) is 10.7. The van der Waals surface area contributed by atoms with Gasteiger partial charge in [-0.15, -0.1) is 11.3 Å². The molecule has 0 aliphatic carbocycles. The maximum atomic E-state index is 13.4. The number of hydrogen-bond donors (Lipinski definition) is 0. The van der Waals surface area contributed by atoms with Gasteiger partial charge in [-0.05, 0) is 49.8 Å². The number of piperidine rings is 1. The zero-order chi connectivity index (χ0) is 19.5. The van der Waals surface area contributed by atoms with E-state index >= 15 is 0 Å². The summed E-state index contributed by atoms with van der Waals surface area (Å²) < 4.78 is 8.04. The number of aromatic nitrogens is 3. The molecule has 6 nitrogen and oxygen atoms in total. The monoisotopic (exact) mass is 396 g/mol. The van der Waals surface area contributed by atoms with Crippen LogP contribution >= 0.6 is 11.3 Å². The molecule has 0 radical (unpaired) electrons. The number of carbonyl (C=O) groups is 1. The molecule has 2 aliphatic rings. The molecule has 3 aromatic rings. The molecule has 0 unspecified atom stereocenters. The molecule has 2 aliphatic heterocycles. The third-order valence-electron chi connectivity index (χ3n) is 6.13. The minimum absolute atomic E-state index is 0.0720. The summed E-state index contributed by atoms with van der Waals surface area (Å²) in [6.07, 6.45) is 2.70. The molecular weight excluding hydrogens is 372 g/mol. The van der Waals surface area contributed by atoms with Crippen molar-refractivity contribution in [1.29, 1.82) is 0 Å². The van der Waals surface area contributed by atoms with Gasteiger partial charge in [-0.25, -0.2) is 4.98 Å². The molecule has 5 heterocycles. The molecular formula is C21H24N4O2S. The van der Waals surface area contributed by atoms with Crippen molar-refractivity contribution in [2.75, 3.05) is 19.7 Å². The molecule has 1 saturated heterocycles. The van der Waals surface area contributed by atoms with Gasteiger partial charge in [0.25, 0.3) is 5.91 Å². The van der Waals surface area contributed by atoms with Crippen LogP contribution in [0.2, 0.25) is 0 Å². The Hall–Kier alpha value is -2.25. The van der Waals surface area contributed by atoms with E-state index in [1.54, 1.807) is 4.68 Å². The van der Waals surface area contributed by atoms with Crippen LogP contribution in [0.5, 0.6) is 0 Å². The predicted octanol–water partition coefficient (Wildman–Crippen LogP) is 3.35. The quantitative estimate of drug-likeness (QED) is 0.633. The van der Waals surface area contributed by atoms with Crippen molar-refractivity contribution in [2.45, 2.75) is 38.7 Å². The van der Waals surface area contributed by atoms with Crippen molar-refractivity contribution >= 4 is 28.3 Å². The fraction of sp³-hybridized carbons (Fsp3) is 0.476. The summed E-state index contributed by atoms with van der Waals surface area (Å²) in [4.78, 5) is 21.4. The molecule has 0 N–H and O–H groups in total. The van der Waals surface area contributed by atoms with Crippen molar-refractivity contribution < 1.29 is 9.53 Å². The molecule has 3 aromatic heterocycles. The number of likely N-dealkylation sites (tertiary alicyclic amines) is 1. The number of carbonyl (C=O) groups excluding carboxylic acids is 1. The van der Waals surface area contributed by atoms with Gasteiger partial charge in [-0.3, -0.25) is 9.48 Å². The minimum atomic E-state index is -0.210. The zero-order valence-corrected chi connectivity index (χ0v) is 17.3. The van der Waals surface area contributed by atoms with E-state index in [0.717, 1.165) is 48.3 Å². The van der Waals surface area contributed by atoms with Gasteiger partial charge in [-0.2, -0.15) is 5.10 Å². The Morgan fingerprint density at radius 3 is 2.86 bits per heavy atom. The molecule has 0 saturated carbocycles. The summed E-state index contributed by atoms with van der Waals surface area (Å²) in [5.41, 5.74) is 4.31. The number of thiophene rings is 1. The summed E-state index contributed by atoms with van der Waals surface area (Å²) in [5.74, 6) is 0.0720. The average Bonchev–Trinajstić information content (AvgIpc) is 3.27. The highest BCUT2D eigenvalue weighted by Crippen LogP contribution is 2.43. The predicted molar refractivity (Wildman–Crippen MR) is 109 cm³/mol. The van der Waals surface area contributed by atoms with E-state index in [0.29, 0.717) is 18.7 Å². The van der Waals surface area contributed by atoms with Crippen LogP contribution < -0.4 is 0 Å². The fourth-order valence-electron chi connectivity index (χ4n) is 4.75. The highest BCUT2D eigenvalue weighted by atomic mass is 32.1. The molecule has 146 valence electrons. The molecule has 0 atom stereocenters. The fourth-order valence-corrected chi connectivity index (χ4v) is 5.70. The number of fused-ring (bicyclic) bond motifs is 3. The maximum absolute atomic E-state index is 13.4. The van der Waals surface area contributed by atoms with Crippen molar-refractivity contribution in [3.8, 4) is 0 Å². The van der Waals surface area contributed by atoms with Gasteiger partial charge in [0.05, 0.1) is 28.9 Å². The smallest absolute Gasteiger partial charge is 0.254 e. The second kappa shape index (κ2) is 6.39. The number of ether oxygens (including phenoxy) is 1. The Labute approximate surface area is 168 Å². The average molecular weight is 397 g/mol. The van der Waals surface area contributed by atoms with Crippen LogP contribution in [-0.4, -0.2) is 45.3 Å². The minimum Gasteiger partial charge on any atom is -0.370 e. The second-order valence-corrected chi connectivity index (χ2v) is 8.86. The second-order valence-electron chi connectivity index (χ2n) is 7.86. The first-order valence-electron chi connectivity index (χ1n) is 9.79. The van der Waals surface area contributed by atoms with Gasteiger partial charge in [0.15, 0.2) is 5.65 Å². The van der Waals surface area contributed by atoms with Crippen molar-refractivity contribution in [2.24, 2.45) is 7.05 Å². The van der Waals surface area contributed by atoms with E-state index in [1.807, 2.05) is 43.2 Å². The highest BCUT2D eigenvalue weighted by molar-refractivity contribution is 7.10. The molecule has 28 heavy (non-hydrogen) atoms. The van der Waals surface area contributed by atoms with Gasteiger partial charge in [0, 0.05) is 37.1 Å². The van der Waals surface area contributed by atoms with E-state index < -0.39 is 0 Å². The molecule has 1 amide bonds. The number of rotatable bonds is 1. The highest BCUT2D eigenvalue weighted by Gasteiger charge is 2.42. The number of nitrogens with zero attached hydrogens (tertiary/aromatic N) is 4. The van der Waals surface area contributed by atoms with E-state index in [-0.39, 0.29) is 11.5 Å². The molecule has 1 spiro atoms. The Kier molecular flexibility index (Phi) is 4.07. The van der Waals surface area contributed by atoms with E-state index in [2.05, 4.69) is 21.5 Å². The Morgan fingerprint density at radius 2 is 2.07 bits per heavy atom. The van der Waals surface area contributed by atoms with Crippen LogP contribution in [0, 0.1) is 13.8 Å². The lowest BCUT2D eigenvalue weighted by Crippen LogP contribution is -2.48. The Morgan fingerprint density at radius 1 is 1.29 bits per heavy atom. The molecule has 0 bridgehead atoms. The summed E-state index contributed by atoms with van der Waals surface area (Å²) in [7, 11) is 1.87. The Bertz CT molecular complexity index is 1080. The summed E-state index contributed by atoms with van der Waals surface area (Å²) in [6.45, 7) is 6.06. The topological polar surface area (TPSA) is 60.3 Å². The Balaban J connectivity index is 1.44. The molecule has 1 fully saturated rings. The van der Waals surface area contributed by atoms with Gasteiger partial charge >= 0.3 is 0 Å². The third kappa shape index (κ3) is 2.60. The van der Waals surface area contributed by atoms with Gasteiger partial charge in [0.1, 0.15) is 0 Å². The number of aryl methyl sites for hydroxylation is 3. The van der Waals surface area contributed by atoms with Crippen molar-refractivity contribution in [3.05, 3.63) is 44.9 Å². The van der Waals surface area contributed by atoms with Gasteiger partial charge < -0.3 is 9.64 Å². The number of pyridine rings is 1. The lowest BCUT2D eigenvalue weighted by atomic mass is 9.82. The van der Waals surface area contributed by atoms with Crippen LogP contribution in [0.4, 0.5) is 0 Å². The first-order chi connectivity index (χ1) is 13.5. The van der Waals surface area contributed by atoms with Crippen LogP contribution in [0.1, 0.15) is 45.0 Å². The summed E-state index contributed by atoms with van der Waals surface area (Å²) in [6, 6.07) is 4.11. The van der Waals surface area contributed by atoms with Crippen LogP contribution in [0.15, 0.2) is 17.5 Å².